The lowest BCUT2D eigenvalue weighted by atomic mass is 10.0. The van der Waals surface area contributed by atoms with Gasteiger partial charge in [0.2, 0.25) is 0 Å². The summed E-state index contributed by atoms with van der Waals surface area (Å²) in [5, 5.41) is 4.82. The molecule has 0 atom stereocenters. The van der Waals surface area contributed by atoms with Crippen molar-refractivity contribution in [3.8, 4) is 0 Å². The van der Waals surface area contributed by atoms with Crippen LogP contribution in [0.3, 0.4) is 0 Å². The molecule has 3 aromatic carbocycles. The summed E-state index contributed by atoms with van der Waals surface area (Å²) in [6.45, 7) is 0.406. The summed E-state index contributed by atoms with van der Waals surface area (Å²) in [5.41, 5.74) is 1.26. The number of hydrogen-bond donors (Lipinski definition) is 1. The molecule has 0 saturated heterocycles. The largest absolute Gasteiger partial charge is 0.352 e. The first-order valence-electron chi connectivity index (χ1n) is 7.25. The van der Waals surface area contributed by atoms with E-state index in [4.69, 9.17) is 0 Å². The van der Waals surface area contributed by atoms with Gasteiger partial charge in [0, 0.05) is 12.1 Å². The Kier molecular flexibility index (Phi) is 4.15. The zero-order valence-electron chi connectivity index (χ0n) is 12.1. The van der Waals surface area contributed by atoms with Crippen LogP contribution in [0.15, 0.2) is 66.7 Å². The number of carbonyl (C=O) groups excluding carboxylic acids is 1. The average Bonchev–Trinajstić information content (AvgIpc) is 2.56. The van der Waals surface area contributed by atoms with Crippen molar-refractivity contribution in [2.24, 2.45) is 0 Å². The van der Waals surface area contributed by atoms with Gasteiger partial charge in [0.25, 0.3) is 5.91 Å². The minimum Gasteiger partial charge on any atom is -0.352 e. The number of rotatable bonds is 4. The van der Waals surface area contributed by atoms with Crippen molar-refractivity contribution in [3.63, 3.8) is 0 Å². The normalized spacial score (nSPS) is 10.6. The predicted octanol–water partition coefficient (Wildman–Crippen LogP) is 3.95. The molecule has 0 aliphatic rings. The summed E-state index contributed by atoms with van der Waals surface area (Å²) in [7, 11) is 0. The fourth-order valence-electron chi connectivity index (χ4n) is 2.53. The standard InChI is InChI=1S/C19H16FNO/c20-18-11-4-2-7-15(18)12-13-21-19(22)17-10-5-8-14-6-1-3-9-16(14)17/h1-11H,12-13H2,(H,21,22). The van der Waals surface area contributed by atoms with E-state index < -0.39 is 0 Å². The Bertz CT molecular complexity index is 808. The molecule has 0 unspecified atom stereocenters. The zero-order valence-corrected chi connectivity index (χ0v) is 12.1. The topological polar surface area (TPSA) is 29.1 Å². The van der Waals surface area contributed by atoms with Crippen LogP contribution >= 0.6 is 0 Å². The van der Waals surface area contributed by atoms with Gasteiger partial charge in [-0.1, -0.05) is 54.6 Å². The number of carbonyl (C=O) groups is 1. The first-order valence-corrected chi connectivity index (χ1v) is 7.25. The van der Waals surface area contributed by atoms with Crippen LogP contribution in [-0.4, -0.2) is 12.5 Å². The van der Waals surface area contributed by atoms with Gasteiger partial charge >= 0.3 is 0 Å². The maximum absolute atomic E-state index is 13.5. The minimum absolute atomic E-state index is 0.131. The van der Waals surface area contributed by atoms with Gasteiger partial charge in [0.15, 0.2) is 0 Å². The third-order valence-electron chi connectivity index (χ3n) is 3.67. The lowest BCUT2D eigenvalue weighted by Gasteiger charge is -2.08. The van der Waals surface area contributed by atoms with Crippen LogP contribution < -0.4 is 5.32 Å². The van der Waals surface area contributed by atoms with Crippen molar-refractivity contribution in [2.45, 2.75) is 6.42 Å². The van der Waals surface area contributed by atoms with Gasteiger partial charge in [0.05, 0.1) is 0 Å². The van der Waals surface area contributed by atoms with Crippen molar-refractivity contribution in [1.82, 2.24) is 5.32 Å². The Labute approximate surface area is 128 Å². The first kappa shape index (κ1) is 14.3. The Hall–Kier alpha value is -2.68. The minimum atomic E-state index is -0.234. The van der Waals surface area contributed by atoms with E-state index in [0.29, 0.717) is 24.1 Å². The third kappa shape index (κ3) is 2.98. The SMILES string of the molecule is O=C(NCCc1ccccc1F)c1cccc2ccccc12. The number of fused-ring (bicyclic) bond motifs is 1. The van der Waals surface area contributed by atoms with Crippen LogP contribution in [0.4, 0.5) is 4.39 Å². The lowest BCUT2D eigenvalue weighted by Crippen LogP contribution is -2.26. The molecule has 3 heteroatoms. The molecule has 0 heterocycles. The van der Waals surface area contributed by atoms with Crippen LogP contribution in [0, 0.1) is 5.82 Å². The highest BCUT2D eigenvalue weighted by Gasteiger charge is 2.09. The van der Waals surface area contributed by atoms with Crippen molar-refractivity contribution in [3.05, 3.63) is 83.7 Å². The van der Waals surface area contributed by atoms with Gasteiger partial charge in [0.1, 0.15) is 5.82 Å². The van der Waals surface area contributed by atoms with Crippen molar-refractivity contribution >= 4 is 16.7 Å². The molecule has 0 saturated carbocycles. The van der Waals surface area contributed by atoms with E-state index in [0.717, 1.165) is 10.8 Å². The third-order valence-corrected chi connectivity index (χ3v) is 3.67. The smallest absolute Gasteiger partial charge is 0.251 e. The van der Waals surface area contributed by atoms with Gasteiger partial charge in [-0.25, -0.2) is 4.39 Å². The Morgan fingerprint density at radius 3 is 2.50 bits per heavy atom. The summed E-state index contributed by atoms with van der Waals surface area (Å²) < 4.78 is 13.5. The molecule has 2 nitrogen and oxygen atoms in total. The molecule has 0 aliphatic heterocycles. The highest BCUT2D eigenvalue weighted by Crippen LogP contribution is 2.18. The predicted molar refractivity (Wildman–Crippen MR) is 86.4 cm³/mol. The van der Waals surface area contributed by atoms with Crippen molar-refractivity contribution in [2.75, 3.05) is 6.54 Å². The van der Waals surface area contributed by atoms with E-state index in [1.165, 1.54) is 6.07 Å². The van der Waals surface area contributed by atoms with Crippen molar-refractivity contribution in [1.29, 1.82) is 0 Å². The lowest BCUT2D eigenvalue weighted by molar-refractivity contribution is 0.0955. The quantitative estimate of drug-likeness (QED) is 0.775. The second-order valence-electron chi connectivity index (χ2n) is 5.12. The number of nitrogens with one attached hydrogen (secondary N) is 1. The summed E-state index contributed by atoms with van der Waals surface area (Å²) in [5.74, 6) is -0.366. The summed E-state index contributed by atoms with van der Waals surface area (Å²) in [4.78, 5) is 12.3. The number of amides is 1. The van der Waals surface area contributed by atoms with Gasteiger partial charge < -0.3 is 5.32 Å². The summed E-state index contributed by atoms with van der Waals surface area (Å²) in [6, 6.07) is 20.0. The van der Waals surface area contributed by atoms with Gasteiger partial charge in [-0.2, -0.15) is 0 Å². The molecule has 1 amide bonds. The molecule has 22 heavy (non-hydrogen) atoms. The van der Waals surface area contributed by atoms with Crippen LogP contribution in [-0.2, 0) is 6.42 Å². The molecule has 0 aromatic heterocycles. The van der Waals surface area contributed by atoms with Gasteiger partial charge in [-0.3, -0.25) is 4.79 Å². The van der Waals surface area contributed by atoms with E-state index >= 15 is 0 Å². The number of benzene rings is 3. The summed E-state index contributed by atoms with van der Waals surface area (Å²) in [6.07, 6.45) is 0.475. The molecular formula is C19H16FNO. The maximum atomic E-state index is 13.5. The van der Waals surface area contributed by atoms with Crippen LogP contribution in [0.25, 0.3) is 10.8 Å². The molecule has 0 spiro atoms. The highest BCUT2D eigenvalue weighted by molar-refractivity contribution is 6.06. The number of halogens is 1. The van der Waals surface area contributed by atoms with E-state index in [9.17, 15) is 9.18 Å². The Morgan fingerprint density at radius 1 is 0.909 bits per heavy atom. The second kappa shape index (κ2) is 6.39. The first-order chi connectivity index (χ1) is 10.8. The van der Waals surface area contributed by atoms with Gasteiger partial charge in [-0.05, 0) is 34.9 Å². The van der Waals surface area contributed by atoms with Crippen LogP contribution in [0.5, 0.6) is 0 Å². The van der Waals surface area contributed by atoms with E-state index in [-0.39, 0.29) is 11.7 Å². The van der Waals surface area contributed by atoms with Gasteiger partial charge in [-0.15, -0.1) is 0 Å². The van der Waals surface area contributed by atoms with E-state index in [2.05, 4.69) is 5.32 Å². The molecular weight excluding hydrogens is 277 g/mol. The fourth-order valence-corrected chi connectivity index (χ4v) is 2.53. The number of hydrogen-bond acceptors (Lipinski definition) is 1. The molecule has 0 radical (unpaired) electrons. The molecule has 110 valence electrons. The molecule has 3 rings (SSSR count). The Morgan fingerprint density at radius 2 is 1.64 bits per heavy atom. The van der Waals surface area contributed by atoms with Crippen molar-refractivity contribution < 1.29 is 9.18 Å². The Balaban J connectivity index is 1.70. The molecule has 0 aliphatic carbocycles. The molecule has 0 fully saturated rings. The maximum Gasteiger partial charge on any atom is 0.251 e. The van der Waals surface area contributed by atoms with Crippen LogP contribution in [0.1, 0.15) is 15.9 Å². The zero-order chi connectivity index (χ0) is 15.4. The molecule has 3 aromatic rings. The summed E-state index contributed by atoms with van der Waals surface area (Å²) >= 11 is 0. The molecule has 0 bridgehead atoms. The monoisotopic (exact) mass is 293 g/mol. The highest BCUT2D eigenvalue weighted by atomic mass is 19.1. The van der Waals surface area contributed by atoms with Crippen LogP contribution in [0.2, 0.25) is 0 Å². The van der Waals surface area contributed by atoms with E-state index in [1.807, 2.05) is 36.4 Å². The van der Waals surface area contributed by atoms with E-state index in [1.54, 1.807) is 24.3 Å². The average molecular weight is 293 g/mol. The second-order valence-corrected chi connectivity index (χ2v) is 5.12. The molecule has 1 N–H and O–H groups in total. The fraction of sp³-hybridized carbons (Fsp3) is 0.105.